The van der Waals surface area contributed by atoms with Crippen molar-refractivity contribution >= 4 is 35.0 Å². The average Bonchev–Trinajstić information content (AvgIpc) is 3.12. The second-order valence-electron chi connectivity index (χ2n) is 5.48. The third kappa shape index (κ3) is 3.16. The predicted molar refractivity (Wildman–Crippen MR) is 90.1 cm³/mol. The number of thiophene rings is 1. The van der Waals surface area contributed by atoms with Crippen LogP contribution in [-0.2, 0) is 17.8 Å². The summed E-state index contributed by atoms with van der Waals surface area (Å²) in [6.45, 7) is 1.88. The minimum atomic E-state index is -1.02. The van der Waals surface area contributed by atoms with Crippen LogP contribution < -0.4 is 0 Å². The van der Waals surface area contributed by atoms with Crippen molar-refractivity contribution in [1.29, 1.82) is 0 Å². The number of nitrogens with zero attached hydrogens (tertiary/aromatic N) is 1. The average molecular weight is 351 g/mol. The van der Waals surface area contributed by atoms with Crippen molar-refractivity contribution in [3.8, 4) is 0 Å². The van der Waals surface area contributed by atoms with E-state index in [2.05, 4.69) is 0 Å². The van der Waals surface area contributed by atoms with Crippen molar-refractivity contribution in [2.24, 2.45) is 0 Å². The minimum Gasteiger partial charge on any atom is -0.478 e. The monoisotopic (exact) mass is 351 g/mol. The fraction of sp³-hybridized carbons (Fsp3) is 0.375. The van der Waals surface area contributed by atoms with Crippen LogP contribution in [0.1, 0.15) is 37.6 Å². The van der Waals surface area contributed by atoms with Gasteiger partial charge in [-0.05, 0) is 42.2 Å². The molecule has 0 saturated heterocycles. The fourth-order valence-corrected chi connectivity index (χ4v) is 5.10. The van der Waals surface area contributed by atoms with Crippen LogP contribution in [-0.4, -0.2) is 34.7 Å². The highest BCUT2D eigenvalue weighted by Crippen LogP contribution is 2.40. The van der Waals surface area contributed by atoms with Gasteiger partial charge in [0.15, 0.2) is 0 Å². The molecule has 0 aromatic carbocycles. The van der Waals surface area contributed by atoms with Crippen LogP contribution in [0.25, 0.3) is 0 Å². The number of aromatic carboxylic acids is 1. The molecule has 0 radical (unpaired) electrons. The second-order valence-corrected chi connectivity index (χ2v) is 7.70. The first-order valence-electron chi connectivity index (χ1n) is 7.23. The molecule has 0 spiro atoms. The summed E-state index contributed by atoms with van der Waals surface area (Å²) in [7, 11) is 1.72. The molecule has 2 aromatic heterocycles. The van der Waals surface area contributed by atoms with Gasteiger partial charge in [0.1, 0.15) is 22.3 Å². The topological polar surface area (TPSA) is 70.8 Å². The highest BCUT2D eigenvalue weighted by molar-refractivity contribution is 8.00. The van der Waals surface area contributed by atoms with E-state index in [9.17, 15) is 9.59 Å². The van der Waals surface area contributed by atoms with E-state index in [0.29, 0.717) is 11.5 Å². The summed E-state index contributed by atoms with van der Waals surface area (Å²) in [5.74, 6) is 0.806. The van der Waals surface area contributed by atoms with E-state index < -0.39 is 5.97 Å². The van der Waals surface area contributed by atoms with Gasteiger partial charge in [0.05, 0.1) is 6.54 Å². The molecule has 23 heavy (non-hydrogen) atoms. The molecule has 1 amide bonds. The molecular formula is C16H17NO4S2. The molecule has 3 rings (SSSR count). The molecule has 1 N–H and O–H groups in total. The lowest BCUT2D eigenvalue weighted by Gasteiger charge is -2.26. The maximum atomic E-state index is 12.7. The molecule has 3 heterocycles. The number of hydrogen-bond acceptors (Lipinski definition) is 5. The fourth-order valence-electron chi connectivity index (χ4n) is 2.70. The van der Waals surface area contributed by atoms with Crippen LogP contribution in [0.4, 0.5) is 0 Å². The Kier molecular flexibility index (Phi) is 4.50. The number of carbonyl (C=O) groups is 2. The van der Waals surface area contributed by atoms with E-state index >= 15 is 0 Å². The Morgan fingerprint density at radius 3 is 2.96 bits per heavy atom. The molecule has 2 aromatic rings. The number of aryl methyl sites for hydroxylation is 2. The maximum Gasteiger partial charge on any atom is 0.339 e. The molecule has 7 heteroatoms. The molecule has 1 atom stereocenters. The van der Waals surface area contributed by atoms with Gasteiger partial charge in [-0.2, -0.15) is 0 Å². The molecule has 1 unspecified atom stereocenters. The van der Waals surface area contributed by atoms with E-state index in [-0.39, 0.29) is 23.3 Å². The van der Waals surface area contributed by atoms with Crippen LogP contribution in [0.2, 0.25) is 0 Å². The Balaban J connectivity index is 1.74. The van der Waals surface area contributed by atoms with Crippen LogP contribution in [0.15, 0.2) is 21.9 Å². The smallest absolute Gasteiger partial charge is 0.339 e. The molecule has 0 aliphatic carbocycles. The highest BCUT2D eigenvalue weighted by atomic mass is 32.2. The third-order valence-electron chi connectivity index (χ3n) is 3.87. The number of carboxylic acid groups (broad SMARTS) is 1. The zero-order valence-corrected chi connectivity index (χ0v) is 14.5. The SMILES string of the molecule is Cc1oc(CN(C)C(=O)C2SCCc3sccc32)cc1C(=O)O. The molecule has 0 bridgehead atoms. The molecular weight excluding hydrogens is 334 g/mol. The Bertz CT molecular complexity index is 749. The Morgan fingerprint density at radius 2 is 2.26 bits per heavy atom. The van der Waals surface area contributed by atoms with Crippen LogP contribution in [0.5, 0.6) is 0 Å². The number of carboxylic acids is 1. The van der Waals surface area contributed by atoms with Gasteiger partial charge in [0, 0.05) is 11.9 Å². The zero-order valence-electron chi connectivity index (χ0n) is 12.9. The summed E-state index contributed by atoms with van der Waals surface area (Å²) in [6.07, 6.45) is 1.02. The van der Waals surface area contributed by atoms with E-state index in [4.69, 9.17) is 9.52 Å². The van der Waals surface area contributed by atoms with Crippen LogP contribution in [0.3, 0.4) is 0 Å². The first kappa shape index (κ1) is 16.1. The first-order valence-corrected chi connectivity index (χ1v) is 9.15. The molecule has 1 aliphatic rings. The van der Waals surface area contributed by atoms with Gasteiger partial charge in [-0.1, -0.05) is 0 Å². The van der Waals surface area contributed by atoms with Crippen LogP contribution >= 0.6 is 23.1 Å². The lowest BCUT2D eigenvalue weighted by atomic mass is 10.1. The van der Waals surface area contributed by atoms with Gasteiger partial charge >= 0.3 is 5.97 Å². The summed E-state index contributed by atoms with van der Waals surface area (Å²) < 4.78 is 5.46. The number of fused-ring (bicyclic) bond motifs is 1. The summed E-state index contributed by atoms with van der Waals surface area (Å²) in [5.41, 5.74) is 1.26. The van der Waals surface area contributed by atoms with Gasteiger partial charge in [0.25, 0.3) is 0 Å². The Hall–Kier alpha value is -1.73. The molecule has 0 fully saturated rings. The maximum absolute atomic E-state index is 12.7. The van der Waals surface area contributed by atoms with Crippen molar-refractivity contribution in [3.05, 3.63) is 45.0 Å². The minimum absolute atomic E-state index is 0.0280. The van der Waals surface area contributed by atoms with Gasteiger partial charge in [-0.3, -0.25) is 4.79 Å². The van der Waals surface area contributed by atoms with Crippen molar-refractivity contribution < 1.29 is 19.1 Å². The van der Waals surface area contributed by atoms with Gasteiger partial charge < -0.3 is 14.4 Å². The number of carbonyl (C=O) groups excluding carboxylic acids is 1. The zero-order chi connectivity index (χ0) is 16.6. The van der Waals surface area contributed by atoms with E-state index in [1.165, 1.54) is 10.9 Å². The number of hydrogen-bond donors (Lipinski definition) is 1. The third-order valence-corrected chi connectivity index (χ3v) is 6.09. The summed E-state index contributed by atoms with van der Waals surface area (Å²) in [4.78, 5) is 26.7. The molecule has 1 aliphatic heterocycles. The summed E-state index contributed by atoms with van der Waals surface area (Å²) >= 11 is 3.36. The number of amides is 1. The summed E-state index contributed by atoms with van der Waals surface area (Å²) in [6, 6.07) is 3.52. The number of thioether (sulfide) groups is 1. The first-order chi connectivity index (χ1) is 11.0. The van der Waals surface area contributed by atoms with E-state index in [1.807, 2.05) is 11.4 Å². The predicted octanol–water partition coefficient (Wildman–Crippen LogP) is 3.34. The lowest BCUT2D eigenvalue weighted by Crippen LogP contribution is -2.31. The highest BCUT2D eigenvalue weighted by Gasteiger charge is 2.30. The standard InChI is InChI=1S/C16H17NO4S2/c1-9-12(16(19)20)7-10(21-9)8-17(2)15(18)14-11-3-5-22-13(11)4-6-23-14/h3,5,7,14H,4,6,8H2,1-2H3,(H,19,20). The molecule has 122 valence electrons. The number of rotatable bonds is 4. The number of likely N-dealkylation sites (N-methyl/N-ethyl adjacent to an activating group) is 1. The molecule has 0 saturated carbocycles. The van der Waals surface area contributed by atoms with Crippen molar-refractivity contribution in [3.63, 3.8) is 0 Å². The number of furan rings is 1. The van der Waals surface area contributed by atoms with Crippen molar-refractivity contribution in [1.82, 2.24) is 4.90 Å². The van der Waals surface area contributed by atoms with Gasteiger partial charge in [0.2, 0.25) is 5.91 Å². The van der Waals surface area contributed by atoms with E-state index in [1.54, 1.807) is 42.0 Å². The molecule has 5 nitrogen and oxygen atoms in total. The lowest BCUT2D eigenvalue weighted by molar-refractivity contribution is -0.130. The normalized spacial score (nSPS) is 16.9. The summed E-state index contributed by atoms with van der Waals surface area (Å²) in [5, 5.41) is 10.9. The van der Waals surface area contributed by atoms with E-state index in [0.717, 1.165) is 17.7 Å². The second kappa shape index (κ2) is 6.41. The van der Waals surface area contributed by atoms with Crippen LogP contribution in [0, 0.1) is 6.92 Å². The largest absolute Gasteiger partial charge is 0.478 e. The quantitative estimate of drug-likeness (QED) is 0.915. The Morgan fingerprint density at radius 1 is 1.48 bits per heavy atom. The Labute approximate surface area is 142 Å². The van der Waals surface area contributed by atoms with Gasteiger partial charge in [-0.15, -0.1) is 23.1 Å². The van der Waals surface area contributed by atoms with Gasteiger partial charge in [-0.25, -0.2) is 4.79 Å². The van der Waals surface area contributed by atoms with Crippen molar-refractivity contribution in [2.75, 3.05) is 12.8 Å². The van der Waals surface area contributed by atoms with Crippen molar-refractivity contribution in [2.45, 2.75) is 25.1 Å².